The molecule has 0 amide bonds. The van der Waals surface area contributed by atoms with E-state index in [0.29, 0.717) is 6.42 Å². The van der Waals surface area contributed by atoms with Crippen molar-refractivity contribution in [2.24, 2.45) is 5.41 Å². The van der Waals surface area contributed by atoms with Crippen molar-refractivity contribution in [3.8, 4) is 11.8 Å². The molecule has 0 unspecified atom stereocenters. The molecule has 1 heteroatoms. The Morgan fingerprint density at radius 3 is 2.27 bits per heavy atom. The van der Waals surface area contributed by atoms with Crippen LogP contribution in [0.2, 0.25) is 0 Å². The van der Waals surface area contributed by atoms with E-state index in [4.69, 9.17) is 0 Å². The Balaban J connectivity index is 3.98. The zero-order chi connectivity index (χ0) is 8.91. The third-order valence-corrected chi connectivity index (χ3v) is 1.05. The van der Waals surface area contributed by atoms with E-state index in [1.165, 1.54) is 0 Å². The SMILES string of the molecule is CCCC(=O)C#CC(C)(C)C. The van der Waals surface area contributed by atoms with Crippen LogP contribution in [-0.4, -0.2) is 5.78 Å². The van der Waals surface area contributed by atoms with Crippen molar-refractivity contribution in [2.75, 3.05) is 0 Å². The second kappa shape index (κ2) is 4.18. The number of carbonyl (C=O) groups is 1. The maximum Gasteiger partial charge on any atom is 0.205 e. The van der Waals surface area contributed by atoms with Crippen LogP contribution in [0.3, 0.4) is 0 Å². The highest BCUT2D eigenvalue weighted by Gasteiger charge is 2.04. The molecule has 62 valence electrons. The second-order valence-corrected chi connectivity index (χ2v) is 3.67. The van der Waals surface area contributed by atoms with Crippen molar-refractivity contribution in [1.82, 2.24) is 0 Å². The lowest BCUT2D eigenvalue weighted by Gasteiger charge is -2.06. The van der Waals surface area contributed by atoms with Gasteiger partial charge in [0.1, 0.15) is 0 Å². The molecule has 0 aromatic heterocycles. The van der Waals surface area contributed by atoms with E-state index in [0.717, 1.165) is 6.42 Å². The maximum atomic E-state index is 10.9. The fraction of sp³-hybridized carbons (Fsp3) is 0.700. The predicted molar refractivity (Wildman–Crippen MR) is 47.1 cm³/mol. The van der Waals surface area contributed by atoms with Crippen LogP contribution >= 0.6 is 0 Å². The Kier molecular flexibility index (Phi) is 3.89. The second-order valence-electron chi connectivity index (χ2n) is 3.67. The van der Waals surface area contributed by atoms with Gasteiger partial charge >= 0.3 is 0 Å². The maximum absolute atomic E-state index is 10.9. The van der Waals surface area contributed by atoms with Crippen LogP contribution in [0.4, 0.5) is 0 Å². The lowest BCUT2D eigenvalue weighted by Crippen LogP contribution is -2.01. The first-order chi connectivity index (χ1) is 4.95. The van der Waals surface area contributed by atoms with E-state index in [-0.39, 0.29) is 11.2 Å². The molecule has 0 aliphatic rings. The molecule has 0 radical (unpaired) electrons. The van der Waals surface area contributed by atoms with Gasteiger partial charge in [0.05, 0.1) is 0 Å². The lowest BCUT2D eigenvalue weighted by molar-refractivity contribution is -0.113. The molecule has 0 atom stereocenters. The summed E-state index contributed by atoms with van der Waals surface area (Å²) in [4.78, 5) is 10.9. The molecule has 0 spiro atoms. The van der Waals surface area contributed by atoms with Gasteiger partial charge in [-0.15, -0.1) is 0 Å². The molecule has 0 aromatic rings. The molecule has 0 bridgehead atoms. The summed E-state index contributed by atoms with van der Waals surface area (Å²) >= 11 is 0. The van der Waals surface area contributed by atoms with Gasteiger partial charge in [0.25, 0.3) is 0 Å². The number of Topliss-reactive ketones (excluding diaryl/α,β-unsaturated/α-hetero) is 1. The standard InChI is InChI=1S/C10H16O/c1-5-6-9(11)7-8-10(2,3)4/h5-6H2,1-4H3. The van der Waals surface area contributed by atoms with Crippen LogP contribution < -0.4 is 0 Å². The Labute approximate surface area is 69.2 Å². The van der Waals surface area contributed by atoms with Crippen molar-refractivity contribution in [3.63, 3.8) is 0 Å². The minimum absolute atomic E-state index is 0.0522. The van der Waals surface area contributed by atoms with Gasteiger partial charge in [0, 0.05) is 11.8 Å². The van der Waals surface area contributed by atoms with Crippen molar-refractivity contribution >= 4 is 5.78 Å². The minimum Gasteiger partial charge on any atom is -0.285 e. The molecule has 0 N–H and O–H groups in total. The zero-order valence-corrected chi connectivity index (χ0v) is 7.82. The van der Waals surface area contributed by atoms with Gasteiger partial charge in [-0.2, -0.15) is 0 Å². The van der Waals surface area contributed by atoms with Gasteiger partial charge < -0.3 is 0 Å². The van der Waals surface area contributed by atoms with Crippen LogP contribution in [0.1, 0.15) is 40.5 Å². The van der Waals surface area contributed by atoms with Crippen molar-refractivity contribution in [1.29, 1.82) is 0 Å². The first-order valence-electron chi connectivity index (χ1n) is 4.01. The quantitative estimate of drug-likeness (QED) is 0.438. The van der Waals surface area contributed by atoms with Gasteiger partial charge in [-0.05, 0) is 33.1 Å². The highest BCUT2D eigenvalue weighted by atomic mass is 16.1. The summed E-state index contributed by atoms with van der Waals surface area (Å²) in [6.45, 7) is 7.98. The third kappa shape index (κ3) is 7.12. The fourth-order valence-corrected chi connectivity index (χ4v) is 0.547. The molecule has 0 aromatic carbocycles. The molecule has 0 saturated heterocycles. The molecule has 0 saturated carbocycles. The molecule has 0 heterocycles. The molecule has 0 fully saturated rings. The van der Waals surface area contributed by atoms with E-state index in [2.05, 4.69) is 11.8 Å². The van der Waals surface area contributed by atoms with Gasteiger partial charge in [-0.1, -0.05) is 12.8 Å². The third-order valence-electron chi connectivity index (χ3n) is 1.05. The minimum atomic E-state index is -0.0522. The van der Waals surface area contributed by atoms with Crippen LogP contribution in [-0.2, 0) is 4.79 Å². The molecule has 11 heavy (non-hydrogen) atoms. The van der Waals surface area contributed by atoms with Crippen LogP contribution in [0, 0.1) is 17.3 Å². The van der Waals surface area contributed by atoms with Crippen molar-refractivity contribution in [3.05, 3.63) is 0 Å². The van der Waals surface area contributed by atoms with Crippen LogP contribution in [0.25, 0.3) is 0 Å². The Bertz CT molecular complexity index is 185. The molecule has 0 rings (SSSR count). The Hall–Kier alpha value is -0.770. The monoisotopic (exact) mass is 152 g/mol. The zero-order valence-electron chi connectivity index (χ0n) is 7.82. The summed E-state index contributed by atoms with van der Waals surface area (Å²) in [5.41, 5.74) is -0.0522. The number of hydrogen-bond acceptors (Lipinski definition) is 1. The van der Waals surface area contributed by atoms with Crippen LogP contribution in [0.5, 0.6) is 0 Å². The van der Waals surface area contributed by atoms with E-state index in [1.54, 1.807) is 0 Å². The highest BCUT2D eigenvalue weighted by Crippen LogP contribution is 2.09. The van der Waals surface area contributed by atoms with Gasteiger partial charge in [0.15, 0.2) is 0 Å². The summed E-state index contributed by atoms with van der Waals surface area (Å²) in [7, 11) is 0. The number of carbonyl (C=O) groups excluding carboxylic acids is 1. The summed E-state index contributed by atoms with van der Waals surface area (Å²) in [5.74, 6) is 5.60. The van der Waals surface area contributed by atoms with Crippen molar-refractivity contribution in [2.45, 2.75) is 40.5 Å². The summed E-state index contributed by atoms with van der Waals surface area (Å²) in [6, 6.07) is 0. The fourth-order valence-electron chi connectivity index (χ4n) is 0.547. The first kappa shape index (κ1) is 10.2. The van der Waals surface area contributed by atoms with Gasteiger partial charge in [0.2, 0.25) is 5.78 Å². The molecular formula is C10H16O. The van der Waals surface area contributed by atoms with E-state index >= 15 is 0 Å². The summed E-state index contributed by atoms with van der Waals surface area (Å²) < 4.78 is 0. The summed E-state index contributed by atoms with van der Waals surface area (Å²) in [5, 5.41) is 0. The molecule has 0 aliphatic carbocycles. The number of ketones is 1. The van der Waals surface area contributed by atoms with E-state index in [9.17, 15) is 4.79 Å². The average molecular weight is 152 g/mol. The smallest absolute Gasteiger partial charge is 0.205 e. The molecular weight excluding hydrogens is 136 g/mol. The Morgan fingerprint density at radius 1 is 1.36 bits per heavy atom. The van der Waals surface area contributed by atoms with Gasteiger partial charge in [-0.3, -0.25) is 4.79 Å². The van der Waals surface area contributed by atoms with E-state index < -0.39 is 0 Å². The predicted octanol–water partition coefficient (Wildman–Crippen LogP) is 2.41. The van der Waals surface area contributed by atoms with Crippen LogP contribution in [0.15, 0.2) is 0 Å². The Morgan fingerprint density at radius 2 is 1.91 bits per heavy atom. The number of hydrogen-bond donors (Lipinski definition) is 0. The van der Waals surface area contributed by atoms with Gasteiger partial charge in [-0.25, -0.2) is 0 Å². The lowest BCUT2D eigenvalue weighted by atomic mass is 9.97. The van der Waals surface area contributed by atoms with Crippen molar-refractivity contribution < 1.29 is 4.79 Å². The summed E-state index contributed by atoms with van der Waals surface area (Å²) in [6.07, 6.45) is 1.47. The highest BCUT2D eigenvalue weighted by molar-refractivity contribution is 5.95. The van der Waals surface area contributed by atoms with E-state index in [1.807, 2.05) is 27.7 Å². The molecule has 0 aliphatic heterocycles. The largest absolute Gasteiger partial charge is 0.285 e. The normalized spacial score (nSPS) is 10.2. The average Bonchev–Trinajstić information content (AvgIpc) is 1.83. The topological polar surface area (TPSA) is 17.1 Å². The number of rotatable bonds is 2. The first-order valence-corrected chi connectivity index (χ1v) is 4.01. The molecule has 1 nitrogen and oxygen atoms in total.